The molecule has 2 nitrogen and oxygen atoms in total. The molecular formula is C12H20N2S2. The van der Waals surface area contributed by atoms with Crippen molar-refractivity contribution in [2.24, 2.45) is 0 Å². The number of likely N-dealkylation sites (tertiary alicyclic amines) is 1. The van der Waals surface area contributed by atoms with E-state index in [1.165, 1.54) is 41.5 Å². The summed E-state index contributed by atoms with van der Waals surface area (Å²) >= 11 is 6.24. The molecule has 0 unspecified atom stereocenters. The van der Waals surface area contributed by atoms with Crippen LogP contribution in [-0.4, -0.2) is 23.0 Å². The van der Waals surface area contributed by atoms with E-state index in [9.17, 15) is 0 Å². The molecule has 90 valence electrons. The van der Waals surface area contributed by atoms with E-state index in [2.05, 4.69) is 31.4 Å². The average molecular weight is 256 g/mol. The lowest BCUT2D eigenvalue weighted by molar-refractivity contribution is 0.330. The van der Waals surface area contributed by atoms with Crippen LogP contribution in [0.15, 0.2) is 0 Å². The maximum Gasteiger partial charge on any atom is 0.107 e. The van der Waals surface area contributed by atoms with Gasteiger partial charge < -0.3 is 0 Å². The van der Waals surface area contributed by atoms with Gasteiger partial charge in [-0.1, -0.05) is 13.8 Å². The minimum atomic E-state index is 0.519. The van der Waals surface area contributed by atoms with E-state index < -0.39 is 0 Å². The first-order chi connectivity index (χ1) is 7.70. The fourth-order valence-corrected chi connectivity index (χ4v) is 3.66. The predicted molar refractivity (Wildman–Crippen MR) is 73.4 cm³/mol. The molecule has 0 bridgehead atoms. The van der Waals surface area contributed by atoms with Crippen molar-refractivity contribution in [3.63, 3.8) is 0 Å². The summed E-state index contributed by atoms with van der Waals surface area (Å²) in [6.07, 6.45) is 2.70. The van der Waals surface area contributed by atoms with Crippen molar-refractivity contribution in [3.05, 3.63) is 15.6 Å². The van der Waals surface area contributed by atoms with E-state index in [-0.39, 0.29) is 0 Å². The molecule has 0 radical (unpaired) electrons. The average Bonchev–Trinajstić information content (AvgIpc) is 2.87. The van der Waals surface area contributed by atoms with Gasteiger partial charge in [-0.15, -0.1) is 11.3 Å². The Balaban J connectivity index is 2.09. The number of aromatic nitrogens is 1. The normalized spacial score (nSPS) is 17.5. The molecule has 1 fully saturated rings. The van der Waals surface area contributed by atoms with Crippen molar-refractivity contribution < 1.29 is 0 Å². The van der Waals surface area contributed by atoms with E-state index in [4.69, 9.17) is 4.98 Å². The molecule has 1 aliphatic rings. The first-order valence-electron chi connectivity index (χ1n) is 6.02. The molecule has 1 saturated heterocycles. The maximum absolute atomic E-state index is 4.77. The minimum absolute atomic E-state index is 0.519. The van der Waals surface area contributed by atoms with Crippen LogP contribution < -0.4 is 0 Å². The first-order valence-corrected chi connectivity index (χ1v) is 7.47. The monoisotopic (exact) mass is 256 g/mol. The molecule has 4 heteroatoms. The van der Waals surface area contributed by atoms with Crippen LogP contribution in [0.3, 0.4) is 0 Å². The fraction of sp³-hybridized carbons (Fsp3) is 0.750. The Kier molecular flexibility index (Phi) is 4.27. The molecule has 0 spiro atoms. The standard InChI is InChI=1S/C12H20N2S2/c1-9(2)12-10(8-15)16-11(13-12)7-14-5-3-4-6-14/h9,15H,3-8H2,1-2H3. The van der Waals surface area contributed by atoms with Gasteiger partial charge in [0.25, 0.3) is 0 Å². The highest BCUT2D eigenvalue weighted by atomic mass is 32.1. The van der Waals surface area contributed by atoms with Gasteiger partial charge in [-0.2, -0.15) is 12.6 Å². The molecule has 0 N–H and O–H groups in total. The zero-order chi connectivity index (χ0) is 11.5. The summed E-state index contributed by atoms with van der Waals surface area (Å²) in [5, 5.41) is 1.27. The van der Waals surface area contributed by atoms with Gasteiger partial charge >= 0.3 is 0 Å². The van der Waals surface area contributed by atoms with Crippen LogP contribution in [-0.2, 0) is 12.3 Å². The fourth-order valence-electron chi connectivity index (χ4n) is 2.18. The van der Waals surface area contributed by atoms with Gasteiger partial charge in [0.05, 0.1) is 12.2 Å². The lowest BCUT2D eigenvalue weighted by Gasteiger charge is -2.11. The number of nitrogens with zero attached hydrogens (tertiary/aromatic N) is 2. The summed E-state index contributed by atoms with van der Waals surface area (Å²) in [5.41, 5.74) is 1.26. The third-order valence-electron chi connectivity index (χ3n) is 3.02. The molecule has 0 amide bonds. The van der Waals surface area contributed by atoms with Crippen LogP contribution in [0.4, 0.5) is 0 Å². The number of hydrogen-bond donors (Lipinski definition) is 1. The Morgan fingerprint density at radius 1 is 1.38 bits per heavy atom. The lowest BCUT2D eigenvalue weighted by atomic mass is 10.1. The van der Waals surface area contributed by atoms with Crippen LogP contribution in [0.2, 0.25) is 0 Å². The van der Waals surface area contributed by atoms with Crippen molar-refractivity contribution in [1.29, 1.82) is 0 Å². The second kappa shape index (κ2) is 5.52. The van der Waals surface area contributed by atoms with Crippen molar-refractivity contribution in [2.45, 2.75) is 44.9 Å². The molecule has 1 aromatic heterocycles. The first kappa shape index (κ1) is 12.4. The molecule has 2 rings (SSSR count). The van der Waals surface area contributed by atoms with E-state index in [1.807, 2.05) is 11.3 Å². The Labute approximate surface area is 107 Å². The van der Waals surface area contributed by atoms with Crippen molar-refractivity contribution in [2.75, 3.05) is 13.1 Å². The number of hydrogen-bond acceptors (Lipinski definition) is 4. The van der Waals surface area contributed by atoms with Gasteiger partial charge in [-0.3, -0.25) is 4.90 Å². The molecule has 0 saturated carbocycles. The van der Waals surface area contributed by atoms with Gasteiger partial charge in [-0.25, -0.2) is 4.98 Å². The topological polar surface area (TPSA) is 16.1 Å². The summed E-state index contributed by atoms with van der Waals surface area (Å²) in [6.45, 7) is 7.95. The van der Waals surface area contributed by atoms with E-state index in [0.717, 1.165) is 12.3 Å². The second-order valence-electron chi connectivity index (χ2n) is 4.71. The highest BCUT2D eigenvalue weighted by Gasteiger charge is 2.17. The Bertz CT molecular complexity index is 341. The number of thiol groups is 1. The molecule has 1 aromatic rings. The van der Waals surface area contributed by atoms with Crippen LogP contribution in [0, 0.1) is 0 Å². The number of rotatable bonds is 4. The van der Waals surface area contributed by atoms with Gasteiger partial charge in [0.2, 0.25) is 0 Å². The van der Waals surface area contributed by atoms with E-state index in [1.54, 1.807) is 0 Å². The summed E-state index contributed by atoms with van der Waals surface area (Å²) in [4.78, 5) is 8.63. The van der Waals surface area contributed by atoms with E-state index >= 15 is 0 Å². The minimum Gasteiger partial charge on any atom is -0.297 e. The van der Waals surface area contributed by atoms with Crippen LogP contribution in [0.25, 0.3) is 0 Å². The predicted octanol–water partition coefficient (Wildman–Crippen LogP) is 3.29. The Morgan fingerprint density at radius 2 is 2.06 bits per heavy atom. The summed E-state index contributed by atoms with van der Waals surface area (Å²) < 4.78 is 0. The zero-order valence-electron chi connectivity index (χ0n) is 10.1. The SMILES string of the molecule is CC(C)c1nc(CN2CCCC2)sc1CS. The van der Waals surface area contributed by atoms with Crippen molar-refractivity contribution in [3.8, 4) is 0 Å². The molecule has 2 heterocycles. The largest absolute Gasteiger partial charge is 0.297 e. The Hall–Kier alpha value is -0.0600. The summed E-state index contributed by atoms with van der Waals surface area (Å²) in [7, 11) is 0. The van der Waals surface area contributed by atoms with Crippen molar-refractivity contribution in [1.82, 2.24) is 9.88 Å². The third-order valence-corrected chi connectivity index (χ3v) is 4.61. The lowest BCUT2D eigenvalue weighted by Crippen LogP contribution is -2.18. The van der Waals surface area contributed by atoms with E-state index in [0.29, 0.717) is 5.92 Å². The van der Waals surface area contributed by atoms with Crippen LogP contribution in [0.5, 0.6) is 0 Å². The molecule has 1 aliphatic heterocycles. The highest BCUT2D eigenvalue weighted by molar-refractivity contribution is 7.79. The smallest absolute Gasteiger partial charge is 0.107 e. The highest BCUT2D eigenvalue weighted by Crippen LogP contribution is 2.27. The molecule has 0 aliphatic carbocycles. The summed E-state index contributed by atoms with van der Waals surface area (Å²) in [5.74, 6) is 1.34. The van der Waals surface area contributed by atoms with Crippen LogP contribution >= 0.6 is 24.0 Å². The van der Waals surface area contributed by atoms with Gasteiger partial charge in [-0.05, 0) is 31.8 Å². The van der Waals surface area contributed by atoms with Gasteiger partial charge in [0.1, 0.15) is 5.01 Å². The quantitative estimate of drug-likeness (QED) is 0.832. The van der Waals surface area contributed by atoms with Crippen LogP contribution in [0.1, 0.15) is 48.2 Å². The maximum atomic E-state index is 4.77. The second-order valence-corrected chi connectivity index (χ2v) is 6.20. The van der Waals surface area contributed by atoms with Gasteiger partial charge in [0.15, 0.2) is 0 Å². The Morgan fingerprint density at radius 3 is 2.56 bits per heavy atom. The molecule has 16 heavy (non-hydrogen) atoms. The third kappa shape index (κ3) is 2.79. The summed E-state index contributed by atoms with van der Waals surface area (Å²) in [6, 6.07) is 0. The molecular weight excluding hydrogens is 236 g/mol. The zero-order valence-corrected chi connectivity index (χ0v) is 11.8. The van der Waals surface area contributed by atoms with Gasteiger partial charge in [0, 0.05) is 10.6 Å². The van der Waals surface area contributed by atoms with Crippen molar-refractivity contribution >= 4 is 24.0 Å². The molecule has 0 aromatic carbocycles. The number of thiazole rings is 1. The molecule has 0 atom stereocenters.